The average Bonchev–Trinajstić information content (AvgIpc) is 3.12. The van der Waals surface area contributed by atoms with Gasteiger partial charge < -0.3 is 9.80 Å². The Kier molecular flexibility index (Phi) is 5.91. The van der Waals surface area contributed by atoms with Crippen LogP contribution in [0.1, 0.15) is 48.0 Å². The van der Waals surface area contributed by atoms with Gasteiger partial charge in [0.25, 0.3) is 5.91 Å². The molecule has 2 aromatic carbocycles. The number of likely N-dealkylation sites (tertiary alicyclic amines) is 1. The molecule has 2 aliphatic rings. The Labute approximate surface area is 177 Å². The summed E-state index contributed by atoms with van der Waals surface area (Å²) < 4.78 is 0. The summed E-state index contributed by atoms with van der Waals surface area (Å²) in [4.78, 5) is 30.4. The first-order chi connectivity index (χ1) is 14.0. The van der Waals surface area contributed by atoms with Crippen molar-refractivity contribution in [2.45, 2.75) is 50.7 Å². The van der Waals surface area contributed by atoms with Gasteiger partial charge in [-0.25, -0.2) is 0 Å². The molecule has 0 spiro atoms. The number of hydrogen-bond acceptors (Lipinski definition) is 2. The minimum Gasteiger partial charge on any atom is -0.340 e. The molecule has 3 unspecified atom stereocenters. The van der Waals surface area contributed by atoms with E-state index in [2.05, 4.69) is 0 Å². The van der Waals surface area contributed by atoms with Gasteiger partial charge in [0.05, 0.1) is 0 Å². The zero-order valence-electron chi connectivity index (χ0n) is 16.8. The topological polar surface area (TPSA) is 40.6 Å². The molecule has 4 rings (SSSR count). The number of fused-ring (bicyclic) bond motifs is 1. The molecule has 2 amide bonds. The van der Waals surface area contributed by atoms with E-state index in [9.17, 15) is 9.59 Å². The Morgan fingerprint density at radius 2 is 1.83 bits per heavy atom. The molecule has 1 heterocycles. The maximum absolute atomic E-state index is 13.4. The van der Waals surface area contributed by atoms with Gasteiger partial charge in [0.1, 0.15) is 6.04 Å². The summed E-state index contributed by atoms with van der Waals surface area (Å²) in [6.07, 6.45) is 5.17. The molecule has 5 heteroatoms. The fourth-order valence-electron chi connectivity index (χ4n) is 4.94. The quantitative estimate of drug-likeness (QED) is 0.728. The van der Waals surface area contributed by atoms with Crippen LogP contribution < -0.4 is 0 Å². The first-order valence-electron chi connectivity index (χ1n) is 10.4. The van der Waals surface area contributed by atoms with Crippen molar-refractivity contribution in [3.63, 3.8) is 0 Å². The van der Waals surface area contributed by atoms with Crippen LogP contribution in [-0.4, -0.2) is 40.7 Å². The van der Waals surface area contributed by atoms with Crippen LogP contribution in [0.15, 0.2) is 54.6 Å². The Hall–Kier alpha value is -2.33. The van der Waals surface area contributed by atoms with Crippen LogP contribution in [-0.2, 0) is 11.3 Å². The smallest absolute Gasteiger partial charge is 0.254 e. The summed E-state index contributed by atoms with van der Waals surface area (Å²) in [5, 5.41) is 0.663. The van der Waals surface area contributed by atoms with Crippen molar-refractivity contribution >= 4 is 23.4 Å². The van der Waals surface area contributed by atoms with Crippen molar-refractivity contribution in [3.8, 4) is 0 Å². The zero-order chi connectivity index (χ0) is 20.4. The third-order valence-electron chi connectivity index (χ3n) is 6.31. The highest BCUT2D eigenvalue weighted by molar-refractivity contribution is 6.30. The van der Waals surface area contributed by atoms with Crippen LogP contribution in [0.3, 0.4) is 0 Å². The number of benzene rings is 2. The molecule has 3 atom stereocenters. The molecule has 1 saturated heterocycles. The fourth-order valence-corrected chi connectivity index (χ4v) is 5.16. The Bertz CT molecular complexity index is 885. The maximum atomic E-state index is 13.4. The highest BCUT2D eigenvalue weighted by atomic mass is 35.5. The SMILES string of the molecule is CN(Cc1cccc(Cl)c1)C(=O)C1CC2CCCCC2N1C(=O)c1ccccc1. The molecule has 0 aromatic heterocycles. The van der Waals surface area contributed by atoms with Crippen molar-refractivity contribution in [3.05, 3.63) is 70.7 Å². The van der Waals surface area contributed by atoms with E-state index >= 15 is 0 Å². The predicted molar refractivity (Wildman–Crippen MR) is 115 cm³/mol. The van der Waals surface area contributed by atoms with Crippen LogP contribution in [0.25, 0.3) is 0 Å². The van der Waals surface area contributed by atoms with Gasteiger partial charge in [0.2, 0.25) is 5.91 Å². The van der Waals surface area contributed by atoms with E-state index in [-0.39, 0.29) is 23.9 Å². The molecule has 152 valence electrons. The Morgan fingerprint density at radius 1 is 1.07 bits per heavy atom. The number of carbonyl (C=O) groups is 2. The molecule has 4 nitrogen and oxygen atoms in total. The fraction of sp³-hybridized carbons (Fsp3) is 0.417. The minimum absolute atomic E-state index is 0.0173. The van der Waals surface area contributed by atoms with E-state index in [0.717, 1.165) is 31.2 Å². The molecule has 0 radical (unpaired) electrons. The van der Waals surface area contributed by atoms with Crippen molar-refractivity contribution in [1.82, 2.24) is 9.80 Å². The second kappa shape index (κ2) is 8.58. The van der Waals surface area contributed by atoms with Crippen molar-refractivity contribution in [2.24, 2.45) is 5.92 Å². The summed E-state index contributed by atoms with van der Waals surface area (Å²) >= 11 is 6.09. The monoisotopic (exact) mass is 410 g/mol. The number of amides is 2. The van der Waals surface area contributed by atoms with Crippen LogP contribution in [0.4, 0.5) is 0 Å². The van der Waals surface area contributed by atoms with Gasteiger partial charge in [-0.15, -0.1) is 0 Å². The number of nitrogens with zero attached hydrogens (tertiary/aromatic N) is 2. The highest BCUT2D eigenvalue weighted by Gasteiger charge is 2.48. The summed E-state index contributed by atoms with van der Waals surface area (Å²) in [6, 6.07) is 16.7. The van der Waals surface area contributed by atoms with E-state index in [1.807, 2.05) is 66.5 Å². The second-order valence-electron chi connectivity index (χ2n) is 8.27. The largest absolute Gasteiger partial charge is 0.340 e. The van der Waals surface area contributed by atoms with Gasteiger partial charge in [0.15, 0.2) is 0 Å². The minimum atomic E-state index is -0.389. The molecule has 1 aliphatic heterocycles. The molecule has 0 bridgehead atoms. The van der Waals surface area contributed by atoms with Crippen molar-refractivity contribution < 1.29 is 9.59 Å². The summed E-state index contributed by atoms with van der Waals surface area (Å²) in [5.41, 5.74) is 1.65. The van der Waals surface area contributed by atoms with Crippen LogP contribution in [0, 0.1) is 5.92 Å². The zero-order valence-corrected chi connectivity index (χ0v) is 17.5. The van der Waals surface area contributed by atoms with Gasteiger partial charge in [0, 0.05) is 30.2 Å². The summed E-state index contributed by atoms with van der Waals surface area (Å²) in [7, 11) is 1.82. The molecule has 1 saturated carbocycles. The number of halogens is 1. The number of likely N-dealkylation sites (N-methyl/N-ethyl adjacent to an activating group) is 1. The van der Waals surface area contributed by atoms with Crippen molar-refractivity contribution in [2.75, 3.05) is 7.05 Å². The average molecular weight is 411 g/mol. The maximum Gasteiger partial charge on any atom is 0.254 e. The Balaban J connectivity index is 1.57. The van der Waals surface area contributed by atoms with Crippen LogP contribution in [0.2, 0.25) is 5.02 Å². The molecule has 29 heavy (non-hydrogen) atoms. The third-order valence-corrected chi connectivity index (χ3v) is 6.55. The molecular weight excluding hydrogens is 384 g/mol. The lowest BCUT2D eigenvalue weighted by atomic mass is 9.84. The van der Waals surface area contributed by atoms with Crippen LogP contribution >= 0.6 is 11.6 Å². The van der Waals surface area contributed by atoms with Gasteiger partial charge in [-0.05, 0) is 55.0 Å². The summed E-state index contributed by atoms with van der Waals surface area (Å²) in [5.74, 6) is 0.420. The lowest BCUT2D eigenvalue weighted by Crippen LogP contribution is -2.49. The standard InChI is InChI=1S/C24H27ClN2O2/c1-26(16-17-8-7-12-20(25)14-17)24(29)22-15-19-11-5-6-13-21(19)27(22)23(28)18-9-3-2-4-10-18/h2-4,7-10,12,14,19,21-22H,5-6,11,13,15-16H2,1H3. The lowest BCUT2D eigenvalue weighted by molar-refractivity contribution is -0.134. The number of hydrogen-bond donors (Lipinski definition) is 0. The normalized spacial score (nSPS) is 23.5. The van der Waals surface area contributed by atoms with Gasteiger partial charge in [-0.1, -0.05) is 54.8 Å². The van der Waals surface area contributed by atoms with E-state index in [0.29, 0.717) is 23.0 Å². The van der Waals surface area contributed by atoms with E-state index in [1.165, 1.54) is 6.42 Å². The van der Waals surface area contributed by atoms with Crippen molar-refractivity contribution in [1.29, 1.82) is 0 Å². The van der Waals surface area contributed by atoms with Gasteiger partial charge in [-0.3, -0.25) is 9.59 Å². The molecule has 1 aliphatic carbocycles. The van der Waals surface area contributed by atoms with Gasteiger partial charge in [-0.2, -0.15) is 0 Å². The molecule has 2 aromatic rings. The third kappa shape index (κ3) is 4.18. The lowest BCUT2D eigenvalue weighted by Gasteiger charge is -2.34. The summed E-state index contributed by atoms with van der Waals surface area (Å²) in [6.45, 7) is 0.485. The van der Waals surface area contributed by atoms with E-state index in [1.54, 1.807) is 4.90 Å². The predicted octanol–water partition coefficient (Wildman–Crippen LogP) is 4.77. The van der Waals surface area contributed by atoms with Gasteiger partial charge >= 0.3 is 0 Å². The van der Waals surface area contributed by atoms with Crippen LogP contribution in [0.5, 0.6) is 0 Å². The number of rotatable bonds is 4. The Morgan fingerprint density at radius 3 is 2.59 bits per heavy atom. The first-order valence-corrected chi connectivity index (χ1v) is 10.8. The van der Waals surface area contributed by atoms with E-state index in [4.69, 9.17) is 11.6 Å². The molecule has 2 fully saturated rings. The number of carbonyl (C=O) groups excluding carboxylic acids is 2. The van der Waals surface area contributed by atoms with E-state index < -0.39 is 0 Å². The molecular formula is C24H27ClN2O2. The molecule has 0 N–H and O–H groups in total. The first kappa shape index (κ1) is 20.0. The second-order valence-corrected chi connectivity index (χ2v) is 8.70. The highest BCUT2D eigenvalue weighted by Crippen LogP contribution is 2.41.